The van der Waals surface area contributed by atoms with E-state index < -0.39 is 7.32 Å². The van der Waals surface area contributed by atoms with Crippen molar-refractivity contribution in [3.05, 3.63) is 18.3 Å². The predicted molar refractivity (Wildman–Crippen MR) is 36.8 cm³/mol. The van der Waals surface area contributed by atoms with E-state index in [0.29, 0.717) is 0 Å². The average molecular weight is 163 g/mol. The second kappa shape index (κ2) is 4.87. The summed E-state index contributed by atoms with van der Waals surface area (Å²) in [5.41, 5.74) is 2.49. The van der Waals surface area contributed by atoms with Gasteiger partial charge in [0, 0.05) is 11.8 Å². The van der Waals surface area contributed by atoms with Gasteiger partial charge in [-0.1, -0.05) is 0 Å². The monoisotopic (exact) mass is 163 g/mol. The van der Waals surface area contributed by atoms with E-state index in [1.165, 1.54) is 11.3 Å². The summed E-state index contributed by atoms with van der Waals surface area (Å²) in [5, 5.41) is 21.5. The Morgan fingerprint density at radius 2 is 1.91 bits per heavy atom. The van der Waals surface area contributed by atoms with Crippen LogP contribution in [-0.4, -0.2) is 27.4 Å². The van der Waals surface area contributed by atoms with Gasteiger partial charge in [0.05, 0.1) is 5.69 Å². The number of rotatable bonds is 0. The van der Waals surface area contributed by atoms with Gasteiger partial charge in [0.2, 0.25) is 0 Å². The number of pyridine rings is 1. The van der Waals surface area contributed by atoms with Crippen LogP contribution in [0.15, 0.2) is 18.3 Å². The number of nitrogens with zero attached hydrogens (tertiary/aromatic N) is 1. The van der Waals surface area contributed by atoms with Crippen molar-refractivity contribution in [2.24, 2.45) is 0 Å². The van der Waals surface area contributed by atoms with Crippen molar-refractivity contribution >= 4 is 7.32 Å². The average Bonchev–Trinajstić information content (AvgIpc) is 2.40. The molecule has 0 atom stereocenters. The fourth-order valence-corrected chi connectivity index (χ4v) is 0.554. The summed E-state index contributed by atoms with van der Waals surface area (Å²) in [7, 11) is -2.17. The quantitative estimate of drug-likeness (QED) is 0.347. The van der Waals surface area contributed by atoms with E-state index in [1.54, 1.807) is 0 Å². The Kier molecular flexibility index (Phi) is 4.91. The van der Waals surface area contributed by atoms with Crippen LogP contribution in [0.5, 0.6) is 0 Å². The molecule has 1 heterocycles. The molecule has 54 valence electrons. The summed E-state index contributed by atoms with van der Waals surface area (Å²) in [6, 6.07) is 4.06. The molecule has 0 saturated carbocycles. The molecule has 4 nitrogen and oxygen atoms in total. The van der Waals surface area contributed by atoms with E-state index in [9.17, 15) is 0 Å². The molecule has 0 unspecified atom stereocenters. The molecule has 11 heavy (non-hydrogen) atoms. The maximum absolute atomic E-state index is 7.17. The van der Waals surface area contributed by atoms with Crippen LogP contribution in [0.4, 0.5) is 0 Å². The Morgan fingerprint density at radius 3 is 2.00 bits per heavy atom. The van der Waals surface area contributed by atoms with E-state index in [-0.39, 0.29) is 31.0 Å². The Labute approximate surface area is 87.9 Å². The van der Waals surface area contributed by atoms with Crippen molar-refractivity contribution in [2.75, 3.05) is 0 Å². The largest absolute Gasteiger partial charge is 1.00 e. The summed E-state index contributed by atoms with van der Waals surface area (Å²) < 4.78 is 0. The van der Waals surface area contributed by atoms with E-state index in [0.717, 1.165) is 0 Å². The molecule has 6 heteroatoms. The molecule has 3 N–H and O–H groups in total. The Balaban J connectivity index is 0. The zero-order chi connectivity index (χ0) is 7.56. The molecule has 0 bridgehead atoms. The summed E-state index contributed by atoms with van der Waals surface area (Å²) in [6.45, 7) is 0. The summed E-state index contributed by atoms with van der Waals surface area (Å²) in [5.74, 6) is 0. The Bertz CT molecular complexity index is 218. The van der Waals surface area contributed by atoms with Crippen molar-refractivity contribution in [3.63, 3.8) is 0 Å². The zero-order valence-electron chi connectivity index (χ0n) is 7.10. The van der Waals surface area contributed by atoms with Gasteiger partial charge in [0.15, 0.2) is 0 Å². The van der Waals surface area contributed by atoms with Crippen molar-refractivity contribution < 1.29 is 46.1 Å². The number of fused-ring (bicyclic) bond motifs is 1. The fourth-order valence-electron chi connectivity index (χ4n) is 0.554. The van der Waals surface area contributed by atoms with Crippen molar-refractivity contribution in [1.82, 2.24) is 4.98 Å². The van der Waals surface area contributed by atoms with Gasteiger partial charge in [0.1, 0.15) is 0 Å². The maximum Gasteiger partial charge on any atom is 1.00 e. The smallest absolute Gasteiger partial charge is 1.00 e. The summed E-state index contributed by atoms with van der Waals surface area (Å²) in [6.07, 6.45) is 1.82. The fraction of sp³-hybridized carbons (Fsp3) is 0. The molecule has 0 fully saturated rings. The number of hydrogen-bond donors (Lipinski definition) is 3. The maximum atomic E-state index is 7.17. The van der Waals surface area contributed by atoms with Gasteiger partial charge >= 0.3 is 36.9 Å². The van der Waals surface area contributed by atoms with Crippen molar-refractivity contribution in [3.8, 4) is 11.3 Å². The molecule has 1 aliphatic carbocycles. The molecule has 0 radical (unpaired) electrons. The minimum absolute atomic E-state index is 0. The number of aromatic nitrogens is 1. The van der Waals surface area contributed by atoms with Crippen LogP contribution in [0.3, 0.4) is 0 Å². The van der Waals surface area contributed by atoms with Gasteiger partial charge in [0.25, 0.3) is 0 Å². The minimum atomic E-state index is -2.17. The second-order valence-corrected chi connectivity index (χ2v) is 1.78. The van der Waals surface area contributed by atoms with E-state index in [1.807, 2.05) is 12.3 Å². The molecule has 0 saturated heterocycles. The SMILES string of the molecule is OB(O)O.[H-].[Na+].c1cc2cc-2n1. The molecule has 0 amide bonds. The molecular formula is C5H7BNNaO3. The Hall–Kier alpha value is 0.0949. The van der Waals surface area contributed by atoms with Gasteiger partial charge in [-0.15, -0.1) is 0 Å². The summed E-state index contributed by atoms with van der Waals surface area (Å²) >= 11 is 0. The van der Waals surface area contributed by atoms with Gasteiger partial charge in [-0.2, -0.15) is 0 Å². The molecule has 0 aromatic rings. The van der Waals surface area contributed by atoms with Gasteiger partial charge < -0.3 is 16.5 Å². The molecule has 0 spiro atoms. The van der Waals surface area contributed by atoms with Crippen LogP contribution in [-0.2, 0) is 0 Å². The molecule has 2 rings (SSSR count). The molecule has 0 aromatic carbocycles. The third-order valence-electron chi connectivity index (χ3n) is 0.972. The number of hydrogen-bond acceptors (Lipinski definition) is 4. The molecule has 2 aliphatic rings. The molecule has 1 aliphatic heterocycles. The van der Waals surface area contributed by atoms with Gasteiger partial charge in [-0.25, -0.2) is 0 Å². The first kappa shape index (κ1) is 11.1. The molecular weight excluding hydrogens is 156 g/mol. The standard InChI is InChI=1S/C5H3N.BH3O3.Na.H/c1-2-6-5-3-4(1)5;2-1(3)4;;/h1-3H;2-4H;;/q;;+1;-1. The Morgan fingerprint density at radius 1 is 1.36 bits per heavy atom. The first-order valence-corrected chi connectivity index (χ1v) is 2.71. The topological polar surface area (TPSA) is 73.6 Å². The first-order valence-electron chi connectivity index (χ1n) is 2.71. The van der Waals surface area contributed by atoms with E-state index in [2.05, 4.69) is 11.1 Å². The van der Waals surface area contributed by atoms with Crippen LogP contribution in [0.1, 0.15) is 1.43 Å². The van der Waals surface area contributed by atoms with Gasteiger partial charge in [-0.3, -0.25) is 4.98 Å². The molecule has 0 aromatic heterocycles. The summed E-state index contributed by atoms with van der Waals surface area (Å²) in [4.78, 5) is 3.95. The normalized spacial score (nSPS) is 8.64. The van der Waals surface area contributed by atoms with Crippen LogP contribution >= 0.6 is 0 Å². The van der Waals surface area contributed by atoms with Crippen molar-refractivity contribution in [1.29, 1.82) is 0 Å². The minimum Gasteiger partial charge on any atom is -1.00 e. The van der Waals surface area contributed by atoms with Crippen LogP contribution < -0.4 is 29.6 Å². The third-order valence-corrected chi connectivity index (χ3v) is 0.972. The van der Waals surface area contributed by atoms with Crippen molar-refractivity contribution in [2.45, 2.75) is 0 Å². The zero-order valence-corrected chi connectivity index (χ0v) is 8.10. The van der Waals surface area contributed by atoms with E-state index in [4.69, 9.17) is 15.1 Å². The first-order chi connectivity index (χ1) is 4.70. The van der Waals surface area contributed by atoms with Crippen LogP contribution in [0, 0.1) is 0 Å². The van der Waals surface area contributed by atoms with Crippen LogP contribution in [0.2, 0.25) is 0 Å². The third kappa shape index (κ3) is 4.52. The van der Waals surface area contributed by atoms with Crippen LogP contribution in [0.25, 0.3) is 11.3 Å². The van der Waals surface area contributed by atoms with Gasteiger partial charge in [-0.05, 0) is 12.1 Å². The predicted octanol–water partition coefficient (Wildman–Crippen LogP) is -3.87. The second-order valence-electron chi connectivity index (χ2n) is 1.78. The van der Waals surface area contributed by atoms with E-state index >= 15 is 0 Å².